The number of sulfone groups is 1. The van der Waals surface area contributed by atoms with Gasteiger partial charge in [0.1, 0.15) is 0 Å². The van der Waals surface area contributed by atoms with Crippen LogP contribution in [0.15, 0.2) is 0 Å². The van der Waals surface area contributed by atoms with Crippen molar-refractivity contribution >= 4 is 9.84 Å². The van der Waals surface area contributed by atoms with E-state index in [2.05, 4.69) is 10.2 Å². The molecule has 1 unspecified atom stereocenters. The molecule has 0 spiro atoms. The lowest BCUT2D eigenvalue weighted by Gasteiger charge is -2.38. The normalized spacial score (nSPS) is 30.6. The smallest absolute Gasteiger partial charge is 0.151 e. The molecule has 0 aromatic carbocycles. The van der Waals surface area contributed by atoms with Crippen LogP contribution in [0.2, 0.25) is 0 Å². The van der Waals surface area contributed by atoms with E-state index in [1.54, 1.807) is 0 Å². The molecule has 0 aromatic heterocycles. The van der Waals surface area contributed by atoms with E-state index in [1.807, 2.05) is 0 Å². The standard InChI is InChI=1S/C14H26N2O3S/c17-11-14(12-2-3-12,15-13-4-5-13)10-16-6-1-8-20(18,19)9-7-16/h12-13,15,17H,1-11H2. The van der Waals surface area contributed by atoms with Crippen LogP contribution in [0.3, 0.4) is 0 Å². The van der Waals surface area contributed by atoms with Gasteiger partial charge in [-0.2, -0.15) is 0 Å². The minimum absolute atomic E-state index is 0.164. The van der Waals surface area contributed by atoms with Gasteiger partial charge in [-0.1, -0.05) is 0 Å². The molecule has 3 fully saturated rings. The molecule has 3 rings (SSSR count). The van der Waals surface area contributed by atoms with Crippen LogP contribution in [0.1, 0.15) is 32.1 Å². The number of hydrogen-bond donors (Lipinski definition) is 2. The Bertz CT molecular complexity index is 445. The fourth-order valence-electron chi connectivity index (χ4n) is 3.33. The largest absolute Gasteiger partial charge is 0.394 e. The Balaban J connectivity index is 1.65. The second-order valence-corrected chi connectivity index (χ2v) is 9.09. The van der Waals surface area contributed by atoms with Gasteiger partial charge < -0.3 is 15.3 Å². The van der Waals surface area contributed by atoms with Crippen molar-refractivity contribution in [1.29, 1.82) is 0 Å². The van der Waals surface area contributed by atoms with Crippen LogP contribution in [0.4, 0.5) is 0 Å². The molecule has 1 saturated heterocycles. The molecule has 1 atom stereocenters. The zero-order valence-electron chi connectivity index (χ0n) is 12.1. The Hall–Kier alpha value is -0.170. The Morgan fingerprint density at radius 2 is 1.90 bits per heavy atom. The molecule has 0 bridgehead atoms. The van der Waals surface area contributed by atoms with E-state index in [0.717, 1.165) is 19.5 Å². The highest BCUT2D eigenvalue weighted by atomic mass is 32.2. The van der Waals surface area contributed by atoms with Gasteiger partial charge >= 0.3 is 0 Å². The van der Waals surface area contributed by atoms with Gasteiger partial charge in [0.15, 0.2) is 9.84 Å². The quantitative estimate of drug-likeness (QED) is 0.723. The number of aliphatic hydroxyl groups excluding tert-OH is 1. The van der Waals surface area contributed by atoms with Crippen LogP contribution in [-0.2, 0) is 9.84 Å². The van der Waals surface area contributed by atoms with Gasteiger partial charge in [-0.3, -0.25) is 0 Å². The minimum atomic E-state index is -2.85. The monoisotopic (exact) mass is 302 g/mol. The van der Waals surface area contributed by atoms with E-state index >= 15 is 0 Å². The average Bonchev–Trinajstić information content (AvgIpc) is 3.26. The van der Waals surface area contributed by atoms with Crippen molar-refractivity contribution in [3.63, 3.8) is 0 Å². The van der Waals surface area contributed by atoms with Gasteiger partial charge in [-0.25, -0.2) is 8.42 Å². The maximum absolute atomic E-state index is 11.7. The first kappa shape index (κ1) is 14.8. The van der Waals surface area contributed by atoms with Crippen molar-refractivity contribution in [1.82, 2.24) is 10.2 Å². The van der Waals surface area contributed by atoms with E-state index < -0.39 is 9.84 Å². The predicted octanol–water partition coefficient (Wildman–Crippen LogP) is 0.00000000000000111. The highest BCUT2D eigenvalue weighted by Crippen LogP contribution is 2.42. The lowest BCUT2D eigenvalue weighted by molar-refractivity contribution is 0.0918. The summed E-state index contributed by atoms with van der Waals surface area (Å²) in [6.07, 6.45) is 5.52. The third-order valence-corrected chi connectivity index (χ3v) is 6.58. The first-order chi connectivity index (χ1) is 9.53. The molecular weight excluding hydrogens is 276 g/mol. The molecule has 20 heavy (non-hydrogen) atoms. The molecule has 2 N–H and O–H groups in total. The molecule has 1 heterocycles. The second-order valence-electron chi connectivity index (χ2n) is 6.79. The van der Waals surface area contributed by atoms with Gasteiger partial charge in [-0.05, 0) is 44.6 Å². The zero-order valence-corrected chi connectivity index (χ0v) is 12.9. The van der Waals surface area contributed by atoms with Crippen molar-refractivity contribution in [2.75, 3.05) is 37.7 Å². The zero-order chi connectivity index (χ0) is 14.2. The third-order valence-electron chi connectivity index (χ3n) is 4.86. The summed E-state index contributed by atoms with van der Waals surface area (Å²) >= 11 is 0. The van der Waals surface area contributed by atoms with Crippen LogP contribution in [0, 0.1) is 5.92 Å². The second kappa shape index (κ2) is 5.55. The molecule has 2 saturated carbocycles. The van der Waals surface area contributed by atoms with E-state index in [-0.39, 0.29) is 17.9 Å². The summed E-state index contributed by atoms with van der Waals surface area (Å²) in [5, 5.41) is 13.6. The topological polar surface area (TPSA) is 69.6 Å². The van der Waals surface area contributed by atoms with Gasteiger partial charge in [-0.15, -0.1) is 0 Å². The Morgan fingerprint density at radius 1 is 1.15 bits per heavy atom. The highest BCUT2D eigenvalue weighted by molar-refractivity contribution is 7.91. The first-order valence-electron chi connectivity index (χ1n) is 7.84. The molecule has 5 nitrogen and oxygen atoms in total. The maximum Gasteiger partial charge on any atom is 0.151 e. The van der Waals surface area contributed by atoms with Crippen LogP contribution < -0.4 is 5.32 Å². The van der Waals surface area contributed by atoms with Crippen LogP contribution in [0.25, 0.3) is 0 Å². The fourth-order valence-corrected chi connectivity index (χ4v) is 4.64. The summed E-state index contributed by atoms with van der Waals surface area (Å²) in [7, 11) is -2.85. The van der Waals surface area contributed by atoms with Gasteiger partial charge in [0.2, 0.25) is 0 Å². The molecule has 1 aliphatic heterocycles. The minimum Gasteiger partial charge on any atom is -0.394 e. The van der Waals surface area contributed by atoms with Crippen LogP contribution in [-0.4, -0.2) is 67.8 Å². The molecule has 0 aromatic rings. The van der Waals surface area contributed by atoms with Crippen molar-refractivity contribution < 1.29 is 13.5 Å². The summed E-state index contributed by atoms with van der Waals surface area (Å²) in [6.45, 7) is 2.40. The summed E-state index contributed by atoms with van der Waals surface area (Å²) in [5.41, 5.74) is -0.199. The molecule has 116 valence electrons. The molecule has 3 aliphatic rings. The number of nitrogens with zero attached hydrogens (tertiary/aromatic N) is 1. The number of rotatable bonds is 6. The molecule has 2 aliphatic carbocycles. The number of hydrogen-bond acceptors (Lipinski definition) is 5. The van der Waals surface area contributed by atoms with Crippen molar-refractivity contribution in [3.8, 4) is 0 Å². The van der Waals surface area contributed by atoms with Gasteiger partial charge in [0.05, 0.1) is 23.7 Å². The fraction of sp³-hybridized carbons (Fsp3) is 1.00. The Kier molecular flexibility index (Phi) is 4.10. The summed E-state index contributed by atoms with van der Waals surface area (Å²) < 4.78 is 23.4. The number of aliphatic hydroxyl groups is 1. The van der Waals surface area contributed by atoms with Crippen LogP contribution >= 0.6 is 0 Å². The lowest BCUT2D eigenvalue weighted by atomic mass is 9.92. The summed E-state index contributed by atoms with van der Waals surface area (Å²) in [6, 6.07) is 0.568. The van der Waals surface area contributed by atoms with E-state index in [9.17, 15) is 13.5 Å². The van der Waals surface area contributed by atoms with Crippen molar-refractivity contribution in [2.45, 2.75) is 43.7 Å². The average molecular weight is 302 g/mol. The van der Waals surface area contributed by atoms with E-state index in [1.165, 1.54) is 25.7 Å². The van der Waals surface area contributed by atoms with Crippen molar-refractivity contribution in [2.24, 2.45) is 5.92 Å². The Labute approximate surface area is 121 Å². The number of nitrogens with one attached hydrogen (secondary N) is 1. The molecule has 6 heteroatoms. The first-order valence-corrected chi connectivity index (χ1v) is 9.66. The van der Waals surface area contributed by atoms with Gasteiger partial charge in [0, 0.05) is 19.1 Å². The maximum atomic E-state index is 11.7. The molecular formula is C14H26N2O3S. The predicted molar refractivity (Wildman–Crippen MR) is 78.4 cm³/mol. The highest BCUT2D eigenvalue weighted by Gasteiger charge is 2.48. The Morgan fingerprint density at radius 3 is 2.50 bits per heavy atom. The van der Waals surface area contributed by atoms with Gasteiger partial charge in [0.25, 0.3) is 0 Å². The molecule has 0 radical (unpaired) electrons. The molecule has 0 amide bonds. The van der Waals surface area contributed by atoms with E-state index in [4.69, 9.17) is 0 Å². The van der Waals surface area contributed by atoms with Crippen molar-refractivity contribution in [3.05, 3.63) is 0 Å². The van der Waals surface area contributed by atoms with Crippen LogP contribution in [0.5, 0.6) is 0 Å². The summed E-state index contributed by atoms with van der Waals surface area (Å²) in [5.74, 6) is 1.14. The SMILES string of the molecule is O=S1(=O)CCCN(CC(CO)(NC2CC2)C2CC2)CC1. The van der Waals surface area contributed by atoms with E-state index in [0.29, 0.717) is 24.3 Å². The lowest BCUT2D eigenvalue weighted by Crippen LogP contribution is -2.59. The third kappa shape index (κ3) is 3.53. The summed E-state index contributed by atoms with van der Waals surface area (Å²) in [4.78, 5) is 2.24.